The Morgan fingerprint density at radius 1 is 1.41 bits per heavy atom. The van der Waals surface area contributed by atoms with Crippen LogP contribution in [0.2, 0.25) is 0 Å². The Hall–Kier alpha value is -1.68. The molecule has 0 radical (unpaired) electrons. The zero-order valence-corrected chi connectivity index (χ0v) is 10.0. The maximum Gasteiger partial charge on any atom is 0.342 e. The van der Waals surface area contributed by atoms with Crippen LogP contribution in [0.15, 0.2) is 30.3 Å². The summed E-state index contributed by atoms with van der Waals surface area (Å²) in [6.45, 7) is 3.04. The first-order chi connectivity index (χ1) is 7.93. The third-order valence-electron chi connectivity index (χ3n) is 2.55. The summed E-state index contributed by atoms with van der Waals surface area (Å²) >= 11 is 0. The van der Waals surface area contributed by atoms with Crippen molar-refractivity contribution in [3.63, 3.8) is 0 Å². The molecule has 0 aliphatic heterocycles. The summed E-state index contributed by atoms with van der Waals surface area (Å²) < 4.78 is 17.3. The second-order valence-corrected chi connectivity index (χ2v) is 3.77. The maximum absolute atomic E-state index is 12.8. The Morgan fingerprint density at radius 3 is 2.35 bits per heavy atom. The van der Waals surface area contributed by atoms with Gasteiger partial charge in [-0.1, -0.05) is 18.2 Å². The van der Waals surface area contributed by atoms with Gasteiger partial charge in [-0.25, -0.2) is 9.18 Å². The first-order valence-corrected chi connectivity index (χ1v) is 5.17. The molecule has 1 N–H and O–H groups in total. The van der Waals surface area contributed by atoms with Gasteiger partial charge in [-0.3, -0.25) is 0 Å². The number of carbonyl (C=O) groups excluding carboxylic acids is 1. The molecule has 1 aromatic carbocycles. The molecule has 0 bridgehead atoms. The number of rotatable bonds is 3. The van der Waals surface area contributed by atoms with E-state index in [0.29, 0.717) is 11.1 Å². The number of hydrogen-bond donors (Lipinski definition) is 1. The van der Waals surface area contributed by atoms with Crippen LogP contribution in [0.3, 0.4) is 0 Å². The fraction of sp³-hybridized carbons (Fsp3) is 0.308. The molecule has 1 rings (SSSR count). The van der Waals surface area contributed by atoms with Crippen LogP contribution in [-0.2, 0) is 9.53 Å². The minimum absolute atomic E-state index is 0.373. The number of aliphatic hydroxyl groups is 1. The van der Waals surface area contributed by atoms with Crippen molar-refractivity contribution in [2.75, 3.05) is 7.11 Å². The van der Waals surface area contributed by atoms with Gasteiger partial charge in [0.15, 0.2) is 5.60 Å². The number of ether oxygens (including phenoxy) is 1. The van der Waals surface area contributed by atoms with Crippen LogP contribution >= 0.6 is 0 Å². The molecule has 0 aromatic heterocycles. The largest absolute Gasteiger partial charge is 0.467 e. The minimum Gasteiger partial charge on any atom is -0.467 e. The molecule has 3 nitrogen and oxygen atoms in total. The van der Waals surface area contributed by atoms with E-state index in [-0.39, 0.29) is 5.82 Å². The zero-order valence-electron chi connectivity index (χ0n) is 10.0. The van der Waals surface area contributed by atoms with E-state index in [1.54, 1.807) is 13.0 Å². The number of esters is 1. The molecule has 0 heterocycles. The Bertz CT molecular complexity index is 432. The predicted molar refractivity (Wildman–Crippen MR) is 62.7 cm³/mol. The fourth-order valence-corrected chi connectivity index (χ4v) is 1.67. The molecule has 17 heavy (non-hydrogen) atoms. The molecule has 0 aliphatic rings. The average Bonchev–Trinajstić information content (AvgIpc) is 2.31. The van der Waals surface area contributed by atoms with E-state index >= 15 is 0 Å². The van der Waals surface area contributed by atoms with Gasteiger partial charge < -0.3 is 9.84 Å². The molecular formula is C13H15FO3. The summed E-state index contributed by atoms with van der Waals surface area (Å²) in [5, 5.41) is 10.1. The SMILES string of the molecule is C/C=C(\c1ccc(F)cc1)C(C)(O)C(=O)OC. The van der Waals surface area contributed by atoms with Crippen molar-refractivity contribution in [3.8, 4) is 0 Å². The highest BCUT2D eigenvalue weighted by Gasteiger charge is 2.36. The molecule has 1 atom stereocenters. The van der Waals surface area contributed by atoms with Gasteiger partial charge in [-0.15, -0.1) is 0 Å². The van der Waals surface area contributed by atoms with Crippen LogP contribution in [0.25, 0.3) is 5.57 Å². The van der Waals surface area contributed by atoms with Crippen molar-refractivity contribution in [3.05, 3.63) is 41.7 Å². The molecular weight excluding hydrogens is 223 g/mol. The second kappa shape index (κ2) is 5.10. The number of halogens is 1. The summed E-state index contributed by atoms with van der Waals surface area (Å²) in [6, 6.07) is 5.54. The van der Waals surface area contributed by atoms with Gasteiger partial charge in [0.2, 0.25) is 0 Å². The van der Waals surface area contributed by atoms with Gasteiger partial charge in [-0.2, -0.15) is 0 Å². The lowest BCUT2D eigenvalue weighted by atomic mass is 9.89. The monoisotopic (exact) mass is 238 g/mol. The first kappa shape index (κ1) is 13.4. The summed E-state index contributed by atoms with van der Waals surface area (Å²) in [5.41, 5.74) is -0.796. The van der Waals surface area contributed by atoms with E-state index in [1.165, 1.54) is 38.3 Å². The quantitative estimate of drug-likeness (QED) is 0.821. The molecule has 0 amide bonds. The molecule has 92 valence electrons. The van der Waals surface area contributed by atoms with E-state index in [2.05, 4.69) is 4.74 Å². The van der Waals surface area contributed by atoms with E-state index < -0.39 is 11.6 Å². The maximum atomic E-state index is 12.8. The number of benzene rings is 1. The Labute approximate surface area is 99.5 Å². The van der Waals surface area contributed by atoms with Crippen LogP contribution in [-0.4, -0.2) is 23.8 Å². The number of methoxy groups -OCH3 is 1. The fourth-order valence-electron chi connectivity index (χ4n) is 1.67. The standard InChI is InChI=1S/C13H15FO3/c1-4-11(13(2,16)12(15)17-3)9-5-7-10(14)8-6-9/h4-8,16H,1-3H3/b11-4+. The van der Waals surface area contributed by atoms with Gasteiger partial charge in [0.05, 0.1) is 7.11 Å². The number of hydrogen-bond acceptors (Lipinski definition) is 3. The van der Waals surface area contributed by atoms with Crippen molar-refractivity contribution >= 4 is 11.5 Å². The number of carbonyl (C=O) groups is 1. The molecule has 0 saturated carbocycles. The molecule has 4 heteroatoms. The van der Waals surface area contributed by atoms with Crippen LogP contribution in [0.4, 0.5) is 4.39 Å². The highest BCUT2D eigenvalue weighted by molar-refractivity contribution is 5.95. The van der Waals surface area contributed by atoms with Crippen LogP contribution in [0, 0.1) is 5.82 Å². The van der Waals surface area contributed by atoms with E-state index in [0.717, 1.165) is 0 Å². The van der Waals surface area contributed by atoms with Crippen molar-refractivity contribution in [1.82, 2.24) is 0 Å². The van der Waals surface area contributed by atoms with Crippen LogP contribution in [0.1, 0.15) is 19.4 Å². The minimum atomic E-state index is -1.75. The third-order valence-corrected chi connectivity index (χ3v) is 2.55. The van der Waals surface area contributed by atoms with Crippen molar-refractivity contribution in [2.45, 2.75) is 19.4 Å². The Morgan fingerprint density at radius 2 is 1.94 bits per heavy atom. The summed E-state index contributed by atoms with van der Waals surface area (Å²) in [4.78, 5) is 11.5. The molecule has 0 aliphatic carbocycles. The van der Waals surface area contributed by atoms with E-state index in [9.17, 15) is 14.3 Å². The van der Waals surface area contributed by atoms with Gasteiger partial charge in [0.1, 0.15) is 5.82 Å². The highest BCUT2D eigenvalue weighted by Crippen LogP contribution is 2.28. The van der Waals surface area contributed by atoms with Gasteiger partial charge >= 0.3 is 5.97 Å². The van der Waals surface area contributed by atoms with Crippen molar-refractivity contribution in [1.29, 1.82) is 0 Å². The number of allylic oxidation sites excluding steroid dienone is 1. The average molecular weight is 238 g/mol. The molecule has 0 spiro atoms. The lowest BCUT2D eigenvalue weighted by Crippen LogP contribution is -2.37. The third kappa shape index (κ3) is 2.71. The predicted octanol–water partition coefficient (Wildman–Crippen LogP) is 2.15. The van der Waals surface area contributed by atoms with Gasteiger partial charge in [0, 0.05) is 0 Å². The topological polar surface area (TPSA) is 46.5 Å². The highest BCUT2D eigenvalue weighted by atomic mass is 19.1. The molecule has 1 aromatic rings. The van der Waals surface area contributed by atoms with Gasteiger partial charge in [0.25, 0.3) is 0 Å². The van der Waals surface area contributed by atoms with Crippen molar-refractivity contribution < 1.29 is 19.0 Å². The molecule has 0 fully saturated rings. The summed E-state index contributed by atoms with van der Waals surface area (Å²) in [5.74, 6) is -1.13. The smallest absolute Gasteiger partial charge is 0.342 e. The van der Waals surface area contributed by atoms with Crippen molar-refractivity contribution in [2.24, 2.45) is 0 Å². The molecule has 1 unspecified atom stereocenters. The zero-order chi connectivity index (χ0) is 13.1. The summed E-state index contributed by atoms with van der Waals surface area (Å²) in [6.07, 6.45) is 1.60. The second-order valence-electron chi connectivity index (χ2n) is 3.77. The first-order valence-electron chi connectivity index (χ1n) is 5.17. The lowest BCUT2D eigenvalue weighted by molar-refractivity contribution is -0.154. The Balaban J connectivity index is 3.17. The van der Waals surface area contributed by atoms with Crippen LogP contribution < -0.4 is 0 Å². The van der Waals surface area contributed by atoms with E-state index in [1.807, 2.05) is 0 Å². The van der Waals surface area contributed by atoms with Crippen LogP contribution in [0.5, 0.6) is 0 Å². The molecule has 0 saturated heterocycles. The summed E-state index contributed by atoms with van der Waals surface area (Å²) in [7, 11) is 1.20. The lowest BCUT2D eigenvalue weighted by Gasteiger charge is -2.24. The Kier molecular flexibility index (Phi) is 4.02. The van der Waals surface area contributed by atoms with E-state index in [4.69, 9.17) is 0 Å². The van der Waals surface area contributed by atoms with Gasteiger partial charge in [-0.05, 0) is 37.1 Å². The normalized spacial score (nSPS) is 15.2.